The maximum absolute atomic E-state index is 6.27. The number of methoxy groups -OCH3 is 1. The quantitative estimate of drug-likeness (QED) is 0.642. The lowest BCUT2D eigenvalue weighted by Gasteiger charge is -2.25. The third-order valence-electron chi connectivity index (χ3n) is 5.36. The van der Waals surface area contributed by atoms with E-state index in [0.717, 1.165) is 36.3 Å². The van der Waals surface area contributed by atoms with Crippen LogP contribution in [0.25, 0.3) is 0 Å². The fourth-order valence-corrected chi connectivity index (χ4v) is 3.39. The van der Waals surface area contributed by atoms with Crippen LogP contribution < -0.4 is 9.47 Å². The van der Waals surface area contributed by atoms with E-state index in [1.165, 1.54) is 18.4 Å². The first-order chi connectivity index (χ1) is 12.6. The van der Waals surface area contributed by atoms with Crippen LogP contribution in [-0.2, 0) is 5.41 Å². The van der Waals surface area contributed by atoms with Crippen LogP contribution in [0.5, 0.6) is 11.5 Å². The zero-order valence-corrected chi connectivity index (χ0v) is 16.0. The molecule has 0 aromatic heterocycles. The topological polar surface area (TPSA) is 18.5 Å². The summed E-state index contributed by atoms with van der Waals surface area (Å²) in [7, 11) is 1.70. The van der Waals surface area contributed by atoms with Gasteiger partial charge in [0.15, 0.2) is 11.5 Å². The van der Waals surface area contributed by atoms with Crippen LogP contribution in [0.1, 0.15) is 57.1 Å². The summed E-state index contributed by atoms with van der Waals surface area (Å²) >= 11 is 0. The molecule has 0 spiro atoms. The second-order valence-corrected chi connectivity index (χ2v) is 7.19. The fraction of sp³-hybridized carbons (Fsp3) is 0.417. The van der Waals surface area contributed by atoms with Crippen LogP contribution in [0.4, 0.5) is 0 Å². The van der Waals surface area contributed by atoms with Crippen molar-refractivity contribution in [2.75, 3.05) is 7.11 Å². The molecular formula is C24H28O2. The predicted octanol–water partition coefficient (Wildman–Crippen LogP) is 5.74. The third-order valence-corrected chi connectivity index (χ3v) is 5.36. The minimum absolute atomic E-state index is 0.226. The molecule has 0 aliphatic heterocycles. The van der Waals surface area contributed by atoms with Crippen LogP contribution in [0.3, 0.4) is 0 Å². The van der Waals surface area contributed by atoms with Gasteiger partial charge in [0.2, 0.25) is 0 Å². The van der Waals surface area contributed by atoms with E-state index >= 15 is 0 Å². The molecule has 2 aromatic rings. The summed E-state index contributed by atoms with van der Waals surface area (Å²) in [6, 6.07) is 16.4. The molecule has 3 rings (SSSR count). The van der Waals surface area contributed by atoms with Crippen molar-refractivity contribution in [3.05, 3.63) is 59.7 Å². The van der Waals surface area contributed by atoms with Crippen molar-refractivity contribution in [1.82, 2.24) is 0 Å². The molecule has 1 aliphatic carbocycles. The van der Waals surface area contributed by atoms with Gasteiger partial charge in [-0.2, -0.15) is 0 Å². The summed E-state index contributed by atoms with van der Waals surface area (Å²) in [4.78, 5) is 0. The summed E-state index contributed by atoms with van der Waals surface area (Å²) in [6.07, 6.45) is 6.01. The Morgan fingerprint density at radius 1 is 1.04 bits per heavy atom. The Morgan fingerprint density at radius 3 is 2.42 bits per heavy atom. The zero-order chi connectivity index (χ0) is 18.4. The minimum Gasteiger partial charge on any atom is -0.493 e. The predicted molar refractivity (Wildman–Crippen MR) is 107 cm³/mol. The van der Waals surface area contributed by atoms with Gasteiger partial charge in [0.25, 0.3) is 0 Å². The van der Waals surface area contributed by atoms with Gasteiger partial charge in [-0.1, -0.05) is 43.0 Å². The first kappa shape index (κ1) is 18.4. The van der Waals surface area contributed by atoms with E-state index in [4.69, 9.17) is 9.47 Å². The Morgan fingerprint density at radius 2 is 1.77 bits per heavy atom. The smallest absolute Gasteiger partial charge is 0.161 e. The van der Waals surface area contributed by atoms with Gasteiger partial charge in [-0.25, -0.2) is 0 Å². The fourth-order valence-electron chi connectivity index (χ4n) is 3.39. The molecule has 1 atom stereocenters. The maximum atomic E-state index is 6.27. The van der Waals surface area contributed by atoms with Crippen molar-refractivity contribution in [3.63, 3.8) is 0 Å². The first-order valence-corrected chi connectivity index (χ1v) is 9.58. The molecule has 2 heteroatoms. The SMILES string of the molecule is CCC(C)(C#Cc1ccccc1)c1ccc(OC)c(OC2CCCC2)c1. The van der Waals surface area contributed by atoms with Crippen molar-refractivity contribution in [1.29, 1.82) is 0 Å². The van der Waals surface area contributed by atoms with Crippen molar-refractivity contribution in [2.45, 2.75) is 57.5 Å². The molecule has 1 fully saturated rings. The molecule has 2 aromatic carbocycles. The largest absolute Gasteiger partial charge is 0.493 e. The van der Waals surface area contributed by atoms with Gasteiger partial charge in [-0.05, 0) is 68.9 Å². The first-order valence-electron chi connectivity index (χ1n) is 9.58. The molecule has 136 valence electrons. The van der Waals surface area contributed by atoms with E-state index in [-0.39, 0.29) is 5.41 Å². The highest BCUT2D eigenvalue weighted by Gasteiger charge is 2.25. The van der Waals surface area contributed by atoms with Gasteiger partial charge in [0.05, 0.1) is 18.6 Å². The van der Waals surface area contributed by atoms with Gasteiger partial charge in [-0.3, -0.25) is 0 Å². The molecule has 0 N–H and O–H groups in total. The van der Waals surface area contributed by atoms with Crippen LogP contribution in [0.15, 0.2) is 48.5 Å². The van der Waals surface area contributed by atoms with E-state index < -0.39 is 0 Å². The number of ether oxygens (including phenoxy) is 2. The average Bonchev–Trinajstić information content (AvgIpc) is 3.20. The van der Waals surface area contributed by atoms with Crippen molar-refractivity contribution in [2.24, 2.45) is 0 Å². The maximum Gasteiger partial charge on any atom is 0.161 e. The Hall–Kier alpha value is -2.40. The minimum atomic E-state index is -0.226. The third kappa shape index (κ3) is 4.22. The standard InChI is InChI=1S/C24H28O2/c1-4-24(2,17-16-19-10-6-5-7-11-19)20-14-15-22(25-3)23(18-20)26-21-12-8-9-13-21/h5-7,10-11,14-15,18,21H,4,8-9,12-13H2,1-3H3. The van der Waals surface area contributed by atoms with Crippen LogP contribution in [0.2, 0.25) is 0 Å². The van der Waals surface area contributed by atoms with Crippen LogP contribution in [0, 0.1) is 11.8 Å². The Bertz CT molecular complexity index is 779. The molecule has 1 saturated carbocycles. The Balaban J connectivity index is 1.91. The zero-order valence-electron chi connectivity index (χ0n) is 16.0. The lowest BCUT2D eigenvalue weighted by molar-refractivity contribution is 0.200. The Labute approximate surface area is 157 Å². The number of rotatable bonds is 5. The summed E-state index contributed by atoms with van der Waals surface area (Å²) in [6.45, 7) is 4.38. The highest BCUT2D eigenvalue weighted by atomic mass is 16.5. The number of hydrogen-bond donors (Lipinski definition) is 0. The van der Waals surface area contributed by atoms with E-state index in [2.05, 4.69) is 37.8 Å². The number of hydrogen-bond acceptors (Lipinski definition) is 2. The summed E-state index contributed by atoms with van der Waals surface area (Å²) in [5.74, 6) is 8.47. The van der Waals surface area contributed by atoms with Crippen molar-refractivity contribution >= 4 is 0 Å². The second kappa shape index (κ2) is 8.32. The summed E-state index contributed by atoms with van der Waals surface area (Å²) in [5, 5.41) is 0. The molecule has 0 bridgehead atoms. The monoisotopic (exact) mass is 348 g/mol. The Kier molecular flexibility index (Phi) is 5.89. The van der Waals surface area contributed by atoms with Crippen molar-refractivity contribution < 1.29 is 9.47 Å². The van der Waals surface area contributed by atoms with Gasteiger partial charge in [0, 0.05) is 5.56 Å². The molecule has 0 radical (unpaired) electrons. The van der Waals surface area contributed by atoms with E-state index in [9.17, 15) is 0 Å². The molecule has 0 amide bonds. The molecule has 0 heterocycles. The van der Waals surface area contributed by atoms with E-state index in [0.29, 0.717) is 6.10 Å². The summed E-state index contributed by atoms with van der Waals surface area (Å²) in [5.41, 5.74) is 2.00. The molecular weight excluding hydrogens is 320 g/mol. The van der Waals surface area contributed by atoms with Crippen LogP contribution in [-0.4, -0.2) is 13.2 Å². The lowest BCUT2D eigenvalue weighted by Crippen LogP contribution is -2.19. The summed E-state index contributed by atoms with van der Waals surface area (Å²) < 4.78 is 11.8. The molecule has 1 unspecified atom stereocenters. The molecule has 1 aliphatic rings. The van der Waals surface area contributed by atoms with Gasteiger partial charge < -0.3 is 9.47 Å². The number of benzene rings is 2. The molecule has 2 nitrogen and oxygen atoms in total. The molecule has 26 heavy (non-hydrogen) atoms. The van der Waals surface area contributed by atoms with E-state index in [1.807, 2.05) is 36.4 Å². The lowest BCUT2D eigenvalue weighted by atomic mass is 9.80. The van der Waals surface area contributed by atoms with Gasteiger partial charge >= 0.3 is 0 Å². The normalized spacial score (nSPS) is 16.4. The molecule has 0 saturated heterocycles. The second-order valence-electron chi connectivity index (χ2n) is 7.19. The highest BCUT2D eigenvalue weighted by molar-refractivity contribution is 5.49. The van der Waals surface area contributed by atoms with Crippen LogP contribution >= 0.6 is 0 Å². The van der Waals surface area contributed by atoms with Gasteiger partial charge in [-0.15, -0.1) is 0 Å². The van der Waals surface area contributed by atoms with E-state index in [1.54, 1.807) is 7.11 Å². The average molecular weight is 348 g/mol. The van der Waals surface area contributed by atoms with Crippen molar-refractivity contribution in [3.8, 4) is 23.3 Å². The van der Waals surface area contributed by atoms with Gasteiger partial charge in [0.1, 0.15) is 0 Å². The highest BCUT2D eigenvalue weighted by Crippen LogP contribution is 2.37.